The van der Waals surface area contributed by atoms with E-state index in [9.17, 15) is 9.18 Å². The number of benzene rings is 2. The zero-order chi connectivity index (χ0) is 22.0. The van der Waals surface area contributed by atoms with Crippen LogP contribution in [0.5, 0.6) is 5.75 Å². The standard InChI is InChI=1S/C23H24FN5O2.H2S/c1-14-20-21(29(3)15(2)22(30)27-20)28-23(26-14)25-12-16-8-10-18(11-9-16)31-13-17-6-4-5-7-19(17)24;/h4-11,15H,12-13H2,1-3H3,(H,27,30)(H,25,26,28);1H2/t15-;/m0./s1. The third-order valence-corrected chi connectivity index (χ3v) is 5.34. The number of nitrogens with zero attached hydrogens (tertiary/aromatic N) is 3. The fourth-order valence-corrected chi connectivity index (χ4v) is 3.29. The lowest BCUT2D eigenvalue weighted by Gasteiger charge is -2.32. The Morgan fingerprint density at radius 1 is 1.16 bits per heavy atom. The van der Waals surface area contributed by atoms with Crippen LogP contribution in [0.4, 0.5) is 21.8 Å². The molecule has 1 aromatic heterocycles. The summed E-state index contributed by atoms with van der Waals surface area (Å²) in [6.07, 6.45) is 0. The summed E-state index contributed by atoms with van der Waals surface area (Å²) < 4.78 is 19.4. The summed E-state index contributed by atoms with van der Waals surface area (Å²) in [5.74, 6) is 1.51. The lowest BCUT2D eigenvalue weighted by atomic mass is 10.2. The van der Waals surface area contributed by atoms with E-state index < -0.39 is 0 Å². The summed E-state index contributed by atoms with van der Waals surface area (Å²) in [6, 6.07) is 13.8. The molecule has 168 valence electrons. The topological polar surface area (TPSA) is 79.4 Å². The minimum atomic E-state index is -0.299. The first-order valence-corrected chi connectivity index (χ1v) is 10.0. The van der Waals surface area contributed by atoms with E-state index in [0.717, 1.165) is 5.56 Å². The fraction of sp³-hybridized carbons (Fsp3) is 0.261. The number of nitrogens with one attached hydrogen (secondary N) is 2. The monoisotopic (exact) mass is 455 g/mol. The Hall–Kier alpha value is -3.33. The van der Waals surface area contributed by atoms with E-state index in [1.165, 1.54) is 6.07 Å². The van der Waals surface area contributed by atoms with Gasteiger partial charge in [0, 0.05) is 19.2 Å². The second-order valence-electron chi connectivity index (χ2n) is 7.48. The van der Waals surface area contributed by atoms with Crippen molar-refractivity contribution in [2.45, 2.75) is 33.0 Å². The molecule has 1 aliphatic rings. The Kier molecular flexibility index (Phi) is 7.19. The van der Waals surface area contributed by atoms with Crippen molar-refractivity contribution in [2.24, 2.45) is 0 Å². The van der Waals surface area contributed by atoms with Crippen LogP contribution in [-0.4, -0.2) is 29.0 Å². The number of hydrogen-bond donors (Lipinski definition) is 2. The van der Waals surface area contributed by atoms with Crippen LogP contribution >= 0.6 is 13.5 Å². The van der Waals surface area contributed by atoms with Crippen LogP contribution in [0.25, 0.3) is 0 Å². The Morgan fingerprint density at radius 3 is 2.59 bits per heavy atom. The molecule has 0 fully saturated rings. The number of ether oxygens (including phenoxy) is 1. The van der Waals surface area contributed by atoms with Gasteiger partial charge in [0.25, 0.3) is 0 Å². The molecule has 9 heteroatoms. The molecule has 0 unspecified atom stereocenters. The maximum absolute atomic E-state index is 13.7. The smallest absolute Gasteiger partial charge is 0.246 e. The van der Waals surface area contributed by atoms with Gasteiger partial charge in [0.05, 0.1) is 5.69 Å². The maximum Gasteiger partial charge on any atom is 0.246 e. The highest BCUT2D eigenvalue weighted by Crippen LogP contribution is 2.32. The lowest BCUT2D eigenvalue weighted by molar-refractivity contribution is -0.117. The molecular weight excluding hydrogens is 429 g/mol. The van der Waals surface area contributed by atoms with Crippen molar-refractivity contribution in [1.29, 1.82) is 0 Å². The maximum atomic E-state index is 13.7. The van der Waals surface area contributed by atoms with Crippen molar-refractivity contribution < 1.29 is 13.9 Å². The minimum Gasteiger partial charge on any atom is -0.489 e. The van der Waals surface area contributed by atoms with Crippen molar-refractivity contribution in [3.8, 4) is 5.75 Å². The molecule has 2 aromatic carbocycles. The van der Waals surface area contributed by atoms with E-state index in [1.807, 2.05) is 50.1 Å². The van der Waals surface area contributed by atoms with E-state index in [2.05, 4.69) is 20.6 Å². The third kappa shape index (κ3) is 4.94. The van der Waals surface area contributed by atoms with E-state index >= 15 is 0 Å². The number of anilines is 3. The van der Waals surface area contributed by atoms with Crippen LogP contribution in [0, 0.1) is 12.7 Å². The van der Waals surface area contributed by atoms with Crippen LogP contribution in [-0.2, 0) is 17.9 Å². The molecule has 32 heavy (non-hydrogen) atoms. The molecule has 3 aromatic rings. The first-order valence-electron chi connectivity index (χ1n) is 10.0. The Morgan fingerprint density at radius 2 is 1.88 bits per heavy atom. The van der Waals surface area contributed by atoms with Gasteiger partial charge in [-0.25, -0.2) is 9.37 Å². The molecule has 1 aliphatic heterocycles. The number of hydrogen-bond acceptors (Lipinski definition) is 6. The van der Waals surface area contributed by atoms with Gasteiger partial charge < -0.3 is 20.3 Å². The van der Waals surface area contributed by atoms with Crippen LogP contribution in [0.3, 0.4) is 0 Å². The van der Waals surface area contributed by atoms with Crippen molar-refractivity contribution in [3.63, 3.8) is 0 Å². The number of carbonyl (C=O) groups is 1. The molecule has 0 saturated carbocycles. The number of halogens is 1. The molecule has 0 saturated heterocycles. The summed E-state index contributed by atoms with van der Waals surface area (Å²) in [6.45, 7) is 4.38. The lowest BCUT2D eigenvalue weighted by Crippen LogP contribution is -2.44. The van der Waals surface area contributed by atoms with E-state index in [0.29, 0.717) is 41.0 Å². The average molecular weight is 456 g/mol. The minimum absolute atomic E-state index is 0. The Labute approximate surface area is 193 Å². The van der Waals surface area contributed by atoms with Crippen LogP contribution in [0.15, 0.2) is 48.5 Å². The molecule has 4 rings (SSSR count). The summed E-state index contributed by atoms with van der Waals surface area (Å²) in [7, 11) is 1.85. The normalized spacial score (nSPS) is 14.8. The predicted molar refractivity (Wildman–Crippen MR) is 128 cm³/mol. The summed E-state index contributed by atoms with van der Waals surface area (Å²) >= 11 is 0. The molecule has 1 atom stereocenters. The largest absolute Gasteiger partial charge is 0.489 e. The number of rotatable bonds is 6. The number of aromatic nitrogens is 2. The summed E-state index contributed by atoms with van der Waals surface area (Å²) in [5.41, 5.74) is 2.89. The number of aryl methyl sites for hydroxylation is 1. The van der Waals surface area contributed by atoms with Gasteiger partial charge in [-0.15, -0.1) is 0 Å². The molecule has 0 radical (unpaired) electrons. The van der Waals surface area contributed by atoms with E-state index in [-0.39, 0.29) is 37.9 Å². The molecule has 0 bridgehead atoms. The van der Waals surface area contributed by atoms with Gasteiger partial charge in [0.2, 0.25) is 11.9 Å². The van der Waals surface area contributed by atoms with Gasteiger partial charge in [0.1, 0.15) is 29.9 Å². The Bertz CT molecular complexity index is 1110. The fourth-order valence-electron chi connectivity index (χ4n) is 3.29. The molecule has 0 spiro atoms. The van der Waals surface area contributed by atoms with Crippen molar-refractivity contribution in [3.05, 3.63) is 71.2 Å². The van der Waals surface area contributed by atoms with Crippen molar-refractivity contribution in [2.75, 3.05) is 22.6 Å². The summed E-state index contributed by atoms with van der Waals surface area (Å²) in [5, 5.41) is 6.10. The zero-order valence-corrected chi connectivity index (χ0v) is 19.1. The average Bonchev–Trinajstić information content (AvgIpc) is 2.77. The highest BCUT2D eigenvalue weighted by Gasteiger charge is 2.30. The van der Waals surface area contributed by atoms with E-state index in [1.54, 1.807) is 18.2 Å². The van der Waals surface area contributed by atoms with Crippen molar-refractivity contribution >= 4 is 36.9 Å². The van der Waals surface area contributed by atoms with Gasteiger partial charge in [-0.2, -0.15) is 18.5 Å². The third-order valence-electron chi connectivity index (χ3n) is 5.34. The van der Waals surface area contributed by atoms with Crippen LogP contribution < -0.4 is 20.3 Å². The second-order valence-corrected chi connectivity index (χ2v) is 7.48. The molecule has 2 heterocycles. The first-order chi connectivity index (χ1) is 14.9. The van der Waals surface area contributed by atoms with E-state index in [4.69, 9.17) is 4.74 Å². The van der Waals surface area contributed by atoms with Crippen molar-refractivity contribution in [1.82, 2.24) is 9.97 Å². The number of fused-ring (bicyclic) bond motifs is 1. The SMILES string of the molecule is Cc1nc(NCc2ccc(OCc3ccccc3F)cc2)nc2c1NC(=O)[C@H](C)N2C.S. The number of carbonyl (C=O) groups excluding carboxylic acids is 1. The molecule has 1 amide bonds. The predicted octanol–water partition coefficient (Wildman–Crippen LogP) is 4.00. The van der Waals surface area contributed by atoms with Gasteiger partial charge in [-0.1, -0.05) is 30.3 Å². The van der Waals surface area contributed by atoms with Gasteiger partial charge >= 0.3 is 0 Å². The molecular formula is C23H26FN5O2S. The summed E-state index contributed by atoms with van der Waals surface area (Å²) in [4.78, 5) is 22.9. The number of likely N-dealkylation sites (N-methyl/N-ethyl adjacent to an activating group) is 1. The van der Waals surface area contributed by atoms with Crippen LogP contribution in [0.2, 0.25) is 0 Å². The quantitative estimate of drug-likeness (QED) is 0.585. The molecule has 0 aliphatic carbocycles. The zero-order valence-electron chi connectivity index (χ0n) is 18.1. The van der Waals surface area contributed by atoms with Gasteiger partial charge in [0.15, 0.2) is 5.82 Å². The molecule has 2 N–H and O–H groups in total. The van der Waals surface area contributed by atoms with Crippen LogP contribution in [0.1, 0.15) is 23.7 Å². The first kappa shape index (κ1) is 23.3. The second kappa shape index (κ2) is 9.86. The number of amides is 1. The molecule has 7 nitrogen and oxygen atoms in total. The highest BCUT2D eigenvalue weighted by atomic mass is 32.1. The van der Waals surface area contributed by atoms with Gasteiger partial charge in [-0.05, 0) is 37.6 Å². The van der Waals surface area contributed by atoms with Gasteiger partial charge in [-0.3, -0.25) is 4.79 Å². The highest BCUT2D eigenvalue weighted by molar-refractivity contribution is 7.59. The Balaban J connectivity index is 0.00000289.